The van der Waals surface area contributed by atoms with E-state index in [1.807, 2.05) is 196 Å². The molecule has 2 aliphatic heterocycles. The van der Waals surface area contributed by atoms with E-state index in [0.29, 0.717) is 52.0 Å². The van der Waals surface area contributed by atoms with E-state index in [1.54, 1.807) is 24.3 Å². The van der Waals surface area contributed by atoms with Gasteiger partial charge in [0.05, 0.1) is 6.61 Å². The zero-order valence-corrected chi connectivity index (χ0v) is 44.3. The molecule has 0 aromatic heterocycles. The fourth-order valence-electron chi connectivity index (χ4n) is 9.59. The van der Waals surface area contributed by atoms with Crippen LogP contribution in [0.2, 0.25) is 0 Å². The number of hydrogen-bond acceptors (Lipinski definition) is 11. The molecule has 8 aromatic carbocycles. The summed E-state index contributed by atoms with van der Waals surface area (Å²) < 4.78 is 58.3. The third kappa shape index (κ3) is 14.3. The highest BCUT2D eigenvalue weighted by Crippen LogP contribution is 2.46. The van der Waals surface area contributed by atoms with Gasteiger partial charge in [0.1, 0.15) is 57.5 Å². The topological polar surface area (TPSA) is 141 Å². The van der Waals surface area contributed by atoms with Gasteiger partial charge in [0.2, 0.25) is 11.5 Å². The van der Waals surface area contributed by atoms with Crippen molar-refractivity contribution >= 4 is 11.8 Å². The number of fused-ring (bicyclic) bond motifs is 1. The van der Waals surface area contributed by atoms with Crippen molar-refractivity contribution in [1.29, 1.82) is 0 Å². The smallest absolute Gasteiger partial charge is 0.251 e. The summed E-state index contributed by atoms with van der Waals surface area (Å²) in [6.45, 7) is 5.59. The zero-order valence-electron chi connectivity index (χ0n) is 44.3. The maximum atomic E-state index is 14.4. The molecule has 0 spiro atoms. The number of rotatable bonds is 25. The Kier molecular flexibility index (Phi) is 17.5. The molecule has 10 rings (SSSR count). The lowest BCUT2D eigenvalue weighted by molar-refractivity contribution is -0.190. The second-order valence-electron chi connectivity index (χ2n) is 19.9. The van der Waals surface area contributed by atoms with Gasteiger partial charge in [0.25, 0.3) is 11.8 Å². The highest BCUT2D eigenvalue weighted by molar-refractivity contribution is 5.96. The van der Waals surface area contributed by atoms with Crippen LogP contribution in [0.25, 0.3) is 0 Å². The third-order valence-corrected chi connectivity index (χ3v) is 13.5. The van der Waals surface area contributed by atoms with Crippen LogP contribution in [0.15, 0.2) is 206 Å². The molecule has 0 aliphatic carbocycles. The SMILES string of the molecule is CC1(C)O[C@@H]2[C@@H](CNC(=O)c3cc(OCc4ccccc4)c(OCc4ccccc4)c(OCc4ccccc4)c3)OC[C@]2(CCNC(=O)c2cc(OCc3ccccc3)c(OCc3ccccc3)c(OCc3ccccc3)c2)O1. The third-order valence-electron chi connectivity index (χ3n) is 13.5. The Labute approximate surface area is 461 Å². The summed E-state index contributed by atoms with van der Waals surface area (Å²) in [6, 6.07) is 65.5. The van der Waals surface area contributed by atoms with Crippen molar-refractivity contribution in [2.45, 2.75) is 83.5 Å². The lowest BCUT2D eigenvalue weighted by atomic mass is 9.92. The summed E-state index contributed by atoms with van der Waals surface area (Å²) in [5, 5.41) is 6.21. The van der Waals surface area contributed by atoms with E-state index < -0.39 is 23.6 Å². The maximum absolute atomic E-state index is 14.4. The molecule has 13 nitrogen and oxygen atoms in total. The number of carbonyl (C=O) groups is 2. The number of ether oxygens (including phenoxy) is 9. The summed E-state index contributed by atoms with van der Waals surface area (Å²) >= 11 is 0. The Balaban J connectivity index is 0.850. The normalized spacial score (nSPS) is 17.0. The molecule has 2 N–H and O–H groups in total. The molecule has 0 saturated carbocycles. The predicted molar refractivity (Wildman–Crippen MR) is 299 cm³/mol. The standard InChI is InChI=1S/C66H64N2O11/c1-65(2)78-62-59(39-68-64(70)54-37-57(73-42-49-25-13-5-14-26-49)61(76-45-52-31-19-8-20-32-52)58(38-54)74-43-50-27-15-6-16-28-50)77-46-66(62,79-65)33-34-67-63(69)53-35-55(71-40-47-21-9-3-10-22-47)60(75-44-51-29-17-7-18-30-51)56(36-53)72-41-48-23-11-4-12-24-48/h3-32,35-38,59,62H,33-34,39-46H2,1-2H3,(H,67,69)(H,68,70)/t59-,62-,66+/m1/s1. The van der Waals surface area contributed by atoms with Gasteiger partial charge in [-0.05, 0) is 77.9 Å². The van der Waals surface area contributed by atoms with Crippen LogP contribution in [0.1, 0.15) is 74.4 Å². The van der Waals surface area contributed by atoms with Crippen molar-refractivity contribution in [3.8, 4) is 34.5 Å². The fourth-order valence-corrected chi connectivity index (χ4v) is 9.59. The first-order chi connectivity index (χ1) is 38.6. The highest BCUT2D eigenvalue weighted by Gasteiger charge is 2.60. The van der Waals surface area contributed by atoms with Crippen LogP contribution in [-0.2, 0) is 53.9 Å². The van der Waals surface area contributed by atoms with Crippen molar-refractivity contribution < 1.29 is 52.2 Å². The Hall–Kier alpha value is -8.62. The van der Waals surface area contributed by atoms with Gasteiger partial charge >= 0.3 is 0 Å². The Morgan fingerprint density at radius 2 is 0.772 bits per heavy atom. The molecular formula is C66H64N2O11. The Morgan fingerprint density at radius 1 is 0.456 bits per heavy atom. The molecule has 2 amide bonds. The van der Waals surface area contributed by atoms with E-state index in [9.17, 15) is 9.59 Å². The average Bonchev–Trinajstić information content (AvgIpc) is 4.21. The van der Waals surface area contributed by atoms with E-state index in [0.717, 1.165) is 33.4 Å². The van der Waals surface area contributed by atoms with Gasteiger partial charge in [-0.2, -0.15) is 0 Å². The lowest BCUT2D eigenvalue weighted by Gasteiger charge is -2.27. The number of nitrogens with one attached hydrogen (secondary N) is 2. The molecule has 79 heavy (non-hydrogen) atoms. The molecule has 0 bridgehead atoms. The number of carbonyl (C=O) groups excluding carboxylic acids is 2. The van der Waals surface area contributed by atoms with Gasteiger partial charge in [-0.25, -0.2) is 0 Å². The molecule has 2 saturated heterocycles. The molecule has 2 aliphatic rings. The highest BCUT2D eigenvalue weighted by atomic mass is 16.8. The average molecular weight is 1060 g/mol. The minimum absolute atomic E-state index is 0.0972. The van der Waals surface area contributed by atoms with Gasteiger partial charge in [0, 0.05) is 24.2 Å². The minimum atomic E-state index is -0.974. The number of benzene rings is 8. The molecule has 3 atom stereocenters. The fraction of sp³-hybridized carbons (Fsp3) is 0.242. The van der Waals surface area contributed by atoms with Gasteiger partial charge in [-0.15, -0.1) is 0 Å². The summed E-state index contributed by atoms with van der Waals surface area (Å²) in [4.78, 5) is 28.7. The second-order valence-corrected chi connectivity index (χ2v) is 19.9. The van der Waals surface area contributed by atoms with Gasteiger partial charge in [-0.1, -0.05) is 182 Å². The summed E-state index contributed by atoms with van der Waals surface area (Å²) in [7, 11) is 0. The van der Waals surface area contributed by atoms with Gasteiger partial charge in [0.15, 0.2) is 28.8 Å². The van der Waals surface area contributed by atoms with Crippen molar-refractivity contribution in [3.05, 3.63) is 251 Å². The lowest BCUT2D eigenvalue weighted by Crippen LogP contribution is -2.46. The van der Waals surface area contributed by atoms with E-state index in [1.165, 1.54) is 0 Å². The van der Waals surface area contributed by atoms with E-state index >= 15 is 0 Å². The number of hydrogen-bond donors (Lipinski definition) is 2. The molecule has 2 fully saturated rings. The first-order valence-corrected chi connectivity index (χ1v) is 26.6. The van der Waals surface area contributed by atoms with Crippen molar-refractivity contribution in [3.63, 3.8) is 0 Å². The van der Waals surface area contributed by atoms with Crippen LogP contribution in [0, 0.1) is 0 Å². The van der Waals surface area contributed by atoms with E-state index in [-0.39, 0.29) is 71.2 Å². The monoisotopic (exact) mass is 1060 g/mol. The van der Waals surface area contributed by atoms with E-state index in [4.69, 9.17) is 42.6 Å². The number of amides is 2. The summed E-state index contributed by atoms with van der Waals surface area (Å²) in [5.41, 5.74) is 5.36. The summed E-state index contributed by atoms with van der Waals surface area (Å²) in [6.07, 6.45) is -0.825. The first kappa shape index (κ1) is 53.8. The quantitative estimate of drug-likeness (QED) is 0.0565. The van der Waals surface area contributed by atoms with Gasteiger partial charge < -0.3 is 53.3 Å². The maximum Gasteiger partial charge on any atom is 0.251 e. The van der Waals surface area contributed by atoms with Crippen LogP contribution >= 0.6 is 0 Å². The molecule has 13 heteroatoms. The minimum Gasteiger partial charge on any atom is -0.485 e. The Bertz CT molecular complexity index is 3110. The van der Waals surface area contributed by atoms with Crippen molar-refractivity contribution in [2.75, 3.05) is 19.7 Å². The van der Waals surface area contributed by atoms with Crippen LogP contribution in [0.4, 0.5) is 0 Å². The van der Waals surface area contributed by atoms with E-state index in [2.05, 4.69) is 10.6 Å². The summed E-state index contributed by atoms with van der Waals surface area (Å²) in [5.74, 6) is 0.461. The van der Waals surface area contributed by atoms with Crippen LogP contribution in [0.3, 0.4) is 0 Å². The zero-order chi connectivity index (χ0) is 54.3. The molecule has 0 radical (unpaired) electrons. The molecule has 2 heterocycles. The molecule has 8 aromatic rings. The Morgan fingerprint density at radius 3 is 1.11 bits per heavy atom. The van der Waals surface area contributed by atoms with Crippen LogP contribution in [-0.4, -0.2) is 55.1 Å². The largest absolute Gasteiger partial charge is 0.485 e. The van der Waals surface area contributed by atoms with Crippen molar-refractivity contribution in [1.82, 2.24) is 10.6 Å². The predicted octanol–water partition coefficient (Wildman–Crippen LogP) is 12.0. The first-order valence-electron chi connectivity index (χ1n) is 26.6. The van der Waals surface area contributed by atoms with Crippen LogP contribution in [0.5, 0.6) is 34.5 Å². The second kappa shape index (κ2) is 25.7. The molecular weight excluding hydrogens is 997 g/mol. The van der Waals surface area contributed by atoms with Gasteiger partial charge in [-0.3, -0.25) is 9.59 Å². The van der Waals surface area contributed by atoms with Crippen LogP contribution < -0.4 is 39.1 Å². The molecule has 0 unspecified atom stereocenters. The van der Waals surface area contributed by atoms with Crippen molar-refractivity contribution in [2.24, 2.45) is 0 Å². The molecule has 404 valence electrons.